The van der Waals surface area contributed by atoms with Gasteiger partial charge in [0.2, 0.25) is 11.8 Å². The number of rotatable bonds is 7. The first kappa shape index (κ1) is 18.5. The summed E-state index contributed by atoms with van der Waals surface area (Å²) < 4.78 is 7.10. The van der Waals surface area contributed by atoms with Crippen LogP contribution < -0.4 is 15.4 Å². The average molecular weight is 386 g/mol. The van der Waals surface area contributed by atoms with Crippen LogP contribution in [-0.2, 0) is 0 Å². The molecule has 0 aliphatic heterocycles. The van der Waals surface area contributed by atoms with Crippen molar-refractivity contribution in [1.29, 1.82) is 0 Å². The Morgan fingerprint density at radius 1 is 1.21 bits per heavy atom. The van der Waals surface area contributed by atoms with Crippen molar-refractivity contribution in [3.8, 4) is 5.88 Å². The van der Waals surface area contributed by atoms with Gasteiger partial charge in [-0.3, -0.25) is 0 Å². The van der Waals surface area contributed by atoms with Gasteiger partial charge >= 0.3 is 0 Å². The Morgan fingerprint density at radius 3 is 2.89 bits per heavy atom. The van der Waals surface area contributed by atoms with Gasteiger partial charge in [-0.05, 0) is 43.9 Å². The number of nitrogens with zero attached hydrogens (tertiary/aromatic N) is 4. The van der Waals surface area contributed by atoms with E-state index in [1.165, 1.54) is 0 Å². The van der Waals surface area contributed by atoms with E-state index in [4.69, 9.17) is 9.84 Å². The highest BCUT2D eigenvalue weighted by atomic mass is 16.5. The fourth-order valence-electron chi connectivity index (χ4n) is 3.34. The third-order valence-corrected chi connectivity index (χ3v) is 4.74. The first-order chi connectivity index (χ1) is 13.7. The van der Waals surface area contributed by atoms with Crippen LogP contribution in [0.5, 0.6) is 5.88 Å². The van der Waals surface area contributed by atoms with Crippen LogP contribution in [0.15, 0.2) is 36.5 Å². The summed E-state index contributed by atoms with van der Waals surface area (Å²) in [7, 11) is 0. The standard InChI is InChI=1S/C19H24N6O3.H2/c26-10-11-28-18-12-14(8-9-20-18)22-19-23-17-3-1-2-16(25(17)24-19)21-13-4-6-15(27)7-5-13;/h1-3,8-9,12-13,15,21,26-27H,4-7,10-11H2,(H,20,22,24);1H. The molecule has 1 fully saturated rings. The van der Waals surface area contributed by atoms with Gasteiger partial charge in [-0.15, -0.1) is 5.10 Å². The zero-order chi connectivity index (χ0) is 19.3. The predicted octanol–water partition coefficient (Wildman–Crippen LogP) is 2.20. The van der Waals surface area contributed by atoms with Gasteiger partial charge in [0, 0.05) is 25.4 Å². The van der Waals surface area contributed by atoms with Crippen LogP contribution in [-0.4, -0.2) is 55.2 Å². The quantitative estimate of drug-likeness (QED) is 0.488. The van der Waals surface area contributed by atoms with E-state index in [-0.39, 0.29) is 20.7 Å². The van der Waals surface area contributed by atoms with Crippen LogP contribution in [0.4, 0.5) is 17.5 Å². The third kappa shape index (κ3) is 4.32. The Hall–Kier alpha value is -2.91. The lowest BCUT2D eigenvalue weighted by Gasteiger charge is -2.26. The Labute approximate surface area is 163 Å². The number of aliphatic hydroxyl groups excluding tert-OH is 2. The van der Waals surface area contributed by atoms with Crippen molar-refractivity contribution in [2.45, 2.75) is 37.8 Å². The second-order valence-electron chi connectivity index (χ2n) is 6.85. The molecule has 150 valence electrons. The lowest BCUT2D eigenvalue weighted by atomic mass is 9.93. The minimum absolute atomic E-state index is 0. The molecular weight excluding hydrogens is 360 g/mol. The monoisotopic (exact) mass is 386 g/mol. The van der Waals surface area contributed by atoms with Gasteiger partial charge in [0.25, 0.3) is 0 Å². The molecule has 3 aromatic rings. The van der Waals surface area contributed by atoms with E-state index in [0.717, 1.165) is 42.8 Å². The second kappa shape index (κ2) is 8.41. The summed E-state index contributed by atoms with van der Waals surface area (Å²) in [5, 5.41) is 29.8. The van der Waals surface area contributed by atoms with Crippen LogP contribution in [0.2, 0.25) is 0 Å². The van der Waals surface area contributed by atoms with E-state index in [1.54, 1.807) is 22.8 Å². The van der Waals surface area contributed by atoms with Gasteiger partial charge in [0.15, 0.2) is 5.65 Å². The number of anilines is 3. The maximum Gasteiger partial charge on any atom is 0.247 e. The summed E-state index contributed by atoms with van der Waals surface area (Å²) in [5.74, 6) is 1.76. The van der Waals surface area contributed by atoms with Crippen molar-refractivity contribution < 1.29 is 16.4 Å². The highest BCUT2D eigenvalue weighted by Crippen LogP contribution is 2.23. The molecule has 4 rings (SSSR count). The molecular formula is C19H26N6O3. The van der Waals surface area contributed by atoms with Crippen LogP contribution in [0, 0.1) is 0 Å². The topological polar surface area (TPSA) is 117 Å². The predicted molar refractivity (Wildman–Crippen MR) is 107 cm³/mol. The molecule has 0 spiro atoms. The zero-order valence-electron chi connectivity index (χ0n) is 15.5. The smallest absolute Gasteiger partial charge is 0.247 e. The molecule has 1 aliphatic rings. The maximum absolute atomic E-state index is 9.69. The molecule has 9 nitrogen and oxygen atoms in total. The van der Waals surface area contributed by atoms with Gasteiger partial charge in [-0.2, -0.15) is 9.50 Å². The van der Waals surface area contributed by atoms with Gasteiger partial charge < -0.3 is 25.6 Å². The van der Waals surface area contributed by atoms with Gasteiger partial charge in [-0.25, -0.2) is 4.98 Å². The van der Waals surface area contributed by atoms with E-state index in [0.29, 0.717) is 17.9 Å². The fourth-order valence-corrected chi connectivity index (χ4v) is 3.34. The van der Waals surface area contributed by atoms with Crippen molar-refractivity contribution in [2.24, 2.45) is 0 Å². The third-order valence-electron chi connectivity index (χ3n) is 4.74. The van der Waals surface area contributed by atoms with Crippen molar-refractivity contribution in [2.75, 3.05) is 23.8 Å². The molecule has 1 saturated carbocycles. The van der Waals surface area contributed by atoms with Crippen LogP contribution in [0.25, 0.3) is 5.65 Å². The van der Waals surface area contributed by atoms with E-state index in [1.807, 2.05) is 18.2 Å². The summed E-state index contributed by atoms with van der Waals surface area (Å²) in [5.41, 5.74) is 1.48. The Kier molecular flexibility index (Phi) is 5.54. The van der Waals surface area contributed by atoms with E-state index >= 15 is 0 Å². The fraction of sp³-hybridized carbons (Fsp3) is 0.421. The zero-order valence-corrected chi connectivity index (χ0v) is 15.5. The molecule has 0 amide bonds. The molecule has 0 aromatic carbocycles. The van der Waals surface area contributed by atoms with Gasteiger partial charge in [0.05, 0.1) is 12.7 Å². The number of fused-ring (bicyclic) bond motifs is 1. The minimum Gasteiger partial charge on any atom is -0.475 e. The molecule has 4 N–H and O–H groups in total. The molecule has 0 saturated heterocycles. The van der Waals surface area contributed by atoms with Crippen LogP contribution in [0.3, 0.4) is 0 Å². The van der Waals surface area contributed by atoms with E-state index in [2.05, 4.69) is 25.7 Å². The number of nitrogens with one attached hydrogen (secondary N) is 2. The van der Waals surface area contributed by atoms with Gasteiger partial charge in [-0.1, -0.05) is 6.07 Å². The van der Waals surface area contributed by atoms with Crippen molar-refractivity contribution in [3.63, 3.8) is 0 Å². The SMILES string of the molecule is OCCOc1cc(Nc2nc3cccc(NC4CCC(O)CC4)n3n2)ccn1.[HH]. The van der Waals surface area contributed by atoms with Crippen molar-refractivity contribution >= 4 is 23.1 Å². The number of pyridine rings is 2. The molecule has 28 heavy (non-hydrogen) atoms. The Morgan fingerprint density at radius 2 is 2.07 bits per heavy atom. The summed E-state index contributed by atoms with van der Waals surface area (Å²) in [6, 6.07) is 9.67. The van der Waals surface area contributed by atoms with Crippen LogP contribution >= 0.6 is 0 Å². The lowest BCUT2D eigenvalue weighted by Crippen LogP contribution is -2.29. The molecule has 3 aromatic heterocycles. The lowest BCUT2D eigenvalue weighted by molar-refractivity contribution is 0.126. The van der Waals surface area contributed by atoms with Crippen molar-refractivity contribution in [3.05, 3.63) is 36.5 Å². The molecule has 3 heterocycles. The largest absolute Gasteiger partial charge is 0.475 e. The number of hydrogen-bond donors (Lipinski definition) is 4. The van der Waals surface area contributed by atoms with Gasteiger partial charge in [0.1, 0.15) is 12.4 Å². The van der Waals surface area contributed by atoms with Crippen molar-refractivity contribution in [1.82, 2.24) is 19.6 Å². The average Bonchev–Trinajstić information content (AvgIpc) is 3.12. The molecule has 0 atom stereocenters. The number of aliphatic hydroxyl groups is 2. The highest BCUT2D eigenvalue weighted by Gasteiger charge is 2.20. The number of ether oxygens (including phenoxy) is 1. The summed E-state index contributed by atoms with van der Waals surface area (Å²) >= 11 is 0. The normalized spacial score (nSPS) is 19.5. The molecule has 0 radical (unpaired) electrons. The summed E-state index contributed by atoms with van der Waals surface area (Å²) in [6.45, 7) is 0.124. The molecule has 1 aliphatic carbocycles. The Balaban J connectivity index is 0.00000240. The second-order valence-corrected chi connectivity index (χ2v) is 6.85. The minimum atomic E-state index is -0.178. The molecule has 0 unspecified atom stereocenters. The number of aromatic nitrogens is 4. The maximum atomic E-state index is 9.69. The van der Waals surface area contributed by atoms with Crippen LogP contribution in [0.1, 0.15) is 27.1 Å². The summed E-state index contributed by atoms with van der Waals surface area (Å²) in [6.07, 6.45) is 4.95. The first-order valence-corrected chi connectivity index (χ1v) is 9.48. The highest BCUT2D eigenvalue weighted by molar-refractivity contribution is 5.58. The van der Waals surface area contributed by atoms with E-state index in [9.17, 15) is 5.11 Å². The summed E-state index contributed by atoms with van der Waals surface area (Å²) in [4.78, 5) is 8.62. The Bertz CT molecular complexity index is 929. The first-order valence-electron chi connectivity index (χ1n) is 9.48. The molecule has 9 heteroatoms. The number of hydrogen-bond acceptors (Lipinski definition) is 8. The van der Waals surface area contributed by atoms with E-state index < -0.39 is 0 Å². The molecule has 0 bridgehead atoms.